The number of nitrogens with zero attached hydrogens (tertiary/aromatic N) is 2. The molecule has 0 saturated carbocycles. The summed E-state index contributed by atoms with van der Waals surface area (Å²) in [5, 5.41) is 9.75. The van der Waals surface area contributed by atoms with E-state index in [-0.39, 0.29) is 22.7 Å². The Kier molecular flexibility index (Phi) is 5.33. The number of anilines is 1. The molecule has 0 atom stereocenters. The van der Waals surface area contributed by atoms with Crippen LogP contribution in [0, 0.1) is 13.8 Å². The number of rotatable bonds is 5. The first-order chi connectivity index (χ1) is 13.2. The Morgan fingerprint density at radius 2 is 1.79 bits per heavy atom. The Morgan fingerprint density at radius 3 is 2.46 bits per heavy atom. The van der Waals surface area contributed by atoms with Crippen molar-refractivity contribution in [2.45, 2.75) is 37.8 Å². The number of hydrogen-bond donors (Lipinski definition) is 1. The fourth-order valence-corrected chi connectivity index (χ4v) is 3.62. The Morgan fingerprint density at radius 1 is 1.04 bits per heavy atom. The van der Waals surface area contributed by atoms with E-state index in [0.29, 0.717) is 11.1 Å². The van der Waals surface area contributed by atoms with Gasteiger partial charge in [0, 0.05) is 11.1 Å². The number of carbonyl (C=O) groups excluding carboxylic acids is 1. The van der Waals surface area contributed by atoms with Crippen molar-refractivity contribution in [2.24, 2.45) is 0 Å². The van der Waals surface area contributed by atoms with Gasteiger partial charge in [0.15, 0.2) is 9.84 Å². The molecule has 2 aromatic carbocycles. The molecule has 0 spiro atoms. The van der Waals surface area contributed by atoms with Gasteiger partial charge in [-0.3, -0.25) is 10.1 Å². The van der Waals surface area contributed by atoms with Crippen molar-refractivity contribution in [3.8, 4) is 11.5 Å². The van der Waals surface area contributed by atoms with Gasteiger partial charge in [-0.15, -0.1) is 5.10 Å². The van der Waals surface area contributed by atoms with Gasteiger partial charge >= 0.3 is 6.01 Å². The quantitative estimate of drug-likeness (QED) is 0.700. The van der Waals surface area contributed by atoms with E-state index in [2.05, 4.69) is 15.5 Å². The van der Waals surface area contributed by atoms with Crippen LogP contribution in [0.15, 0.2) is 51.8 Å². The van der Waals surface area contributed by atoms with Gasteiger partial charge < -0.3 is 4.42 Å². The molecule has 28 heavy (non-hydrogen) atoms. The zero-order chi connectivity index (χ0) is 20.5. The highest BCUT2D eigenvalue weighted by Crippen LogP contribution is 2.25. The number of amides is 1. The molecular formula is C20H21N3O4S. The summed E-state index contributed by atoms with van der Waals surface area (Å²) in [6.07, 6.45) is 0. The third-order valence-electron chi connectivity index (χ3n) is 4.44. The Balaban J connectivity index is 1.83. The summed E-state index contributed by atoms with van der Waals surface area (Å²) in [4.78, 5) is 12.5. The summed E-state index contributed by atoms with van der Waals surface area (Å²) in [5.74, 6) is -0.245. The first-order valence-corrected chi connectivity index (χ1v) is 10.3. The van der Waals surface area contributed by atoms with Gasteiger partial charge in [0.25, 0.3) is 5.91 Å². The van der Waals surface area contributed by atoms with E-state index >= 15 is 0 Å². The van der Waals surface area contributed by atoms with Crippen molar-refractivity contribution in [3.05, 3.63) is 59.2 Å². The molecule has 0 aliphatic carbocycles. The fourth-order valence-electron chi connectivity index (χ4n) is 2.52. The first-order valence-electron chi connectivity index (χ1n) is 8.75. The lowest BCUT2D eigenvalue weighted by Crippen LogP contribution is -2.13. The summed E-state index contributed by atoms with van der Waals surface area (Å²) < 4.78 is 30.2. The van der Waals surface area contributed by atoms with Gasteiger partial charge in [0.05, 0.1) is 10.1 Å². The molecule has 1 N–H and O–H groups in total. The summed E-state index contributed by atoms with van der Waals surface area (Å²) >= 11 is 0. The topological polar surface area (TPSA) is 102 Å². The molecule has 3 rings (SSSR count). The van der Waals surface area contributed by atoms with Gasteiger partial charge in [0.1, 0.15) is 0 Å². The van der Waals surface area contributed by atoms with Crippen LogP contribution < -0.4 is 5.32 Å². The fraction of sp³-hybridized carbons (Fsp3) is 0.250. The van der Waals surface area contributed by atoms with Crippen LogP contribution in [0.4, 0.5) is 6.01 Å². The van der Waals surface area contributed by atoms with Crippen molar-refractivity contribution in [2.75, 3.05) is 5.32 Å². The lowest BCUT2D eigenvalue weighted by atomic mass is 10.1. The van der Waals surface area contributed by atoms with E-state index in [4.69, 9.17) is 4.42 Å². The van der Waals surface area contributed by atoms with Gasteiger partial charge in [-0.05, 0) is 69.2 Å². The molecule has 7 nitrogen and oxygen atoms in total. The number of nitrogens with one attached hydrogen (secondary N) is 1. The van der Waals surface area contributed by atoms with Crippen LogP contribution in [0.1, 0.15) is 35.3 Å². The first kappa shape index (κ1) is 19.8. The number of hydrogen-bond acceptors (Lipinski definition) is 6. The second-order valence-corrected chi connectivity index (χ2v) is 9.29. The van der Waals surface area contributed by atoms with Crippen LogP contribution in [0.2, 0.25) is 0 Å². The van der Waals surface area contributed by atoms with Crippen LogP contribution in [-0.4, -0.2) is 29.8 Å². The second-order valence-electron chi connectivity index (χ2n) is 6.79. The zero-order valence-electron chi connectivity index (χ0n) is 16.1. The average molecular weight is 399 g/mol. The molecule has 0 aliphatic heterocycles. The van der Waals surface area contributed by atoms with E-state index in [1.165, 1.54) is 12.1 Å². The molecular weight excluding hydrogens is 378 g/mol. The van der Waals surface area contributed by atoms with Crippen molar-refractivity contribution in [3.63, 3.8) is 0 Å². The molecule has 1 heterocycles. The van der Waals surface area contributed by atoms with Crippen molar-refractivity contribution >= 4 is 21.8 Å². The maximum atomic E-state index is 12.4. The Hall–Kier alpha value is -3.00. The number of aryl methyl sites for hydroxylation is 2. The van der Waals surface area contributed by atoms with Gasteiger partial charge in [-0.25, -0.2) is 8.42 Å². The highest BCUT2D eigenvalue weighted by Gasteiger charge is 2.21. The molecule has 0 fully saturated rings. The summed E-state index contributed by atoms with van der Waals surface area (Å²) in [5.41, 5.74) is 3.03. The minimum Gasteiger partial charge on any atom is -0.403 e. The maximum absolute atomic E-state index is 12.4. The third-order valence-corrected chi connectivity index (χ3v) is 6.60. The molecule has 0 radical (unpaired) electrons. The molecule has 8 heteroatoms. The molecule has 1 amide bonds. The molecule has 0 saturated heterocycles. The molecule has 0 unspecified atom stereocenters. The highest BCUT2D eigenvalue weighted by atomic mass is 32.2. The van der Waals surface area contributed by atoms with Gasteiger partial charge in [-0.1, -0.05) is 17.2 Å². The van der Waals surface area contributed by atoms with E-state index in [1.54, 1.807) is 38.1 Å². The summed E-state index contributed by atoms with van der Waals surface area (Å²) in [6.45, 7) is 7.13. The summed E-state index contributed by atoms with van der Waals surface area (Å²) in [7, 11) is -3.42. The van der Waals surface area contributed by atoms with Crippen LogP contribution in [-0.2, 0) is 9.84 Å². The monoisotopic (exact) mass is 399 g/mol. The standard InChI is InChI=1S/C20H21N3O4S/c1-12(2)28(25,26)17-7-5-6-16(11-17)19-22-23-20(27-19)21-18(24)15-9-8-13(3)14(4)10-15/h5-12H,1-4H3,(H,21,23,24). The average Bonchev–Trinajstić information content (AvgIpc) is 3.12. The largest absolute Gasteiger partial charge is 0.403 e. The third kappa shape index (κ3) is 3.96. The predicted octanol–water partition coefficient (Wildman–Crippen LogP) is 3.79. The normalized spacial score (nSPS) is 11.6. The lowest BCUT2D eigenvalue weighted by Gasteiger charge is -2.08. The molecule has 0 bridgehead atoms. The van der Waals surface area contributed by atoms with Crippen LogP contribution >= 0.6 is 0 Å². The molecule has 3 aromatic rings. The van der Waals surface area contributed by atoms with Crippen LogP contribution in [0.25, 0.3) is 11.5 Å². The van der Waals surface area contributed by atoms with E-state index < -0.39 is 15.1 Å². The van der Waals surface area contributed by atoms with Crippen LogP contribution in [0.5, 0.6) is 0 Å². The van der Waals surface area contributed by atoms with Crippen molar-refractivity contribution < 1.29 is 17.6 Å². The highest BCUT2D eigenvalue weighted by molar-refractivity contribution is 7.92. The van der Waals surface area contributed by atoms with E-state index in [9.17, 15) is 13.2 Å². The Bertz CT molecular complexity index is 1130. The maximum Gasteiger partial charge on any atom is 0.322 e. The lowest BCUT2D eigenvalue weighted by molar-refractivity contribution is 0.102. The zero-order valence-corrected chi connectivity index (χ0v) is 16.9. The second kappa shape index (κ2) is 7.55. The number of carbonyl (C=O) groups is 1. The number of aromatic nitrogens is 2. The van der Waals surface area contributed by atoms with E-state index in [1.807, 2.05) is 19.9 Å². The van der Waals surface area contributed by atoms with Crippen molar-refractivity contribution in [1.82, 2.24) is 10.2 Å². The minimum atomic E-state index is -3.42. The Labute approximate surface area is 163 Å². The van der Waals surface area contributed by atoms with Crippen molar-refractivity contribution in [1.29, 1.82) is 0 Å². The molecule has 146 valence electrons. The smallest absolute Gasteiger partial charge is 0.322 e. The van der Waals surface area contributed by atoms with Gasteiger partial charge in [0.2, 0.25) is 5.89 Å². The summed E-state index contributed by atoms with van der Waals surface area (Å²) in [6, 6.07) is 11.6. The number of sulfone groups is 1. The minimum absolute atomic E-state index is 0.0599. The molecule has 0 aliphatic rings. The van der Waals surface area contributed by atoms with E-state index in [0.717, 1.165) is 11.1 Å². The SMILES string of the molecule is Cc1ccc(C(=O)Nc2nnc(-c3cccc(S(=O)(=O)C(C)C)c3)o2)cc1C. The van der Waals surface area contributed by atoms with Gasteiger partial charge in [-0.2, -0.15) is 0 Å². The number of benzene rings is 2. The molecule has 1 aromatic heterocycles. The predicted molar refractivity (Wildman–Crippen MR) is 106 cm³/mol. The van der Waals surface area contributed by atoms with Crippen LogP contribution in [0.3, 0.4) is 0 Å².